The van der Waals surface area contributed by atoms with Gasteiger partial charge in [-0.1, -0.05) is 6.07 Å². The number of carbonyl (C=O) groups is 2. The number of carbonyl (C=O) groups excluding carboxylic acids is 2. The number of urea groups is 1. The van der Waals surface area contributed by atoms with Gasteiger partial charge < -0.3 is 25.0 Å². The van der Waals surface area contributed by atoms with Crippen molar-refractivity contribution in [1.82, 2.24) is 19.8 Å². The molecule has 11 heteroatoms. The minimum atomic E-state index is -3.64. The molecule has 2 aromatic rings. The lowest BCUT2D eigenvalue weighted by Gasteiger charge is -2.34. The Morgan fingerprint density at radius 2 is 1.62 bits per heavy atom. The summed E-state index contributed by atoms with van der Waals surface area (Å²) in [5.74, 6) is 0.938. The van der Waals surface area contributed by atoms with E-state index < -0.39 is 10.0 Å². The predicted molar refractivity (Wildman–Crippen MR) is 127 cm³/mol. The van der Waals surface area contributed by atoms with Crippen molar-refractivity contribution in [2.24, 2.45) is 0 Å². The number of hydrogen-bond donors (Lipinski definition) is 2. The molecule has 0 aliphatic carbocycles. The Morgan fingerprint density at radius 1 is 0.941 bits per heavy atom. The number of benzene rings is 2. The van der Waals surface area contributed by atoms with Crippen molar-refractivity contribution in [1.29, 1.82) is 0 Å². The first-order valence-electron chi connectivity index (χ1n) is 11.0. The molecule has 1 aliphatic rings. The van der Waals surface area contributed by atoms with E-state index in [0.717, 1.165) is 0 Å². The highest BCUT2D eigenvalue weighted by atomic mass is 32.2. The third-order valence-corrected chi connectivity index (χ3v) is 7.23. The summed E-state index contributed by atoms with van der Waals surface area (Å²) in [5, 5.41) is 5.49. The van der Waals surface area contributed by atoms with Crippen LogP contribution in [0, 0.1) is 0 Å². The fourth-order valence-electron chi connectivity index (χ4n) is 3.48. The van der Waals surface area contributed by atoms with Crippen LogP contribution in [0.3, 0.4) is 0 Å². The number of methoxy groups -OCH3 is 1. The lowest BCUT2D eigenvalue weighted by atomic mass is 10.2. The van der Waals surface area contributed by atoms with Gasteiger partial charge >= 0.3 is 6.03 Å². The summed E-state index contributed by atoms with van der Waals surface area (Å²) >= 11 is 0. The van der Waals surface area contributed by atoms with Crippen LogP contribution in [0.15, 0.2) is 53.4 Å². The maximum absolute atomic E-state index is 12.9. The highest BCUT2D eigenvalue weighted by molar-refractivity contribution is 7.89. The molecule has 2 N–H and O–H groups in total. The molecule has 0 saturated carbocycles. The van der Waals surface area contributed by atoms with Crippen LogP contribution in [-0.2, 0) is 10.0 Å². The number of rotatable bonds is 9. The molecule has 0 unspecified atom stereocenters. The molecular weight excluding hydrogens is 460 g/mol. The van der Waals surface area contributed by atoms with E-state index in [1.165, 1.54) is 23.5 Å². The van der Waals surface area contributed by atoms with Crippen molar-refractivity contribution in [3.05, 3.63) is 54.1 Å². The maximum atomic E-state index is 12.9. The standard InChI is InChI=1S/C23H30N4O6S/c1-3-33-19-7-9-21(10-8-19)34(30,31)27-15-13-26(14-16-27)23(29)25-12-11-24-22(28)18-5-4-6-20(17-18)32-2/h4-10,17H,3,11-16H2,1-2H3,(H,24,28)(H,25,29). The van der Waals surface area contributed by atoms with Gasteiger partial charge in [-0.25, -0.2) is 13.2 Å². The van der Waals surface area contributed by atoms with Gasteiger partial charge in [-0.15, -0.1) is 0 Å². The summed E-state index contributed by atoms with van der Waals surface area (Å²) < 4.78 is 37.6. The molecule has 1 heterocycles. The Balaban J connectivity index is 1.42. The Kier molecular flexibility index (Phi) is 8.72. The van der Waals surface area contributed by atoms with Crippen molar-refractivity contribution in [3.8, 4) is 11.5 Å². The zero-order chi connectivity index (χ0) is 24.6. The van der Waals surface area contributed by atoms with E-state index in [2.05, 4.69) is 10.6 Å². The normalized spacial score (nSPS) is 14.4. The van der Waals surface area contributed by atoms with Gasteiger partial charge in [-0.05, 0) is 49.4 Å². The minimum Gasteiger partial charge on any atom is -0.497 e. The molecule has 1 aliphatic heterocycles. The van der Waals surface area contributed by atoms with E-state index in [0.29, 0.717) is 23.7 Å². The molecule has 1 saturated heterocycles. The first-order chi connectivity index (χ1) is 16.3. The van der Waals surface area contributed by atoms with Crippen LogP contribution in [0.2, 0.25) is 0 Å². The number of hydrogen-bond acceptors (Lipinski definition) is 6. The van der Waals surface area contributed by atoms with Crippen LogP contribution < -0.4 is 20.1 Å². The third kappa shape index (κ3) is 6.39. The average Bonchev–Trinajstić information content (AvgIpc) is 2.87. The molecule has 34 heavy (non-hydrogen) atoms. The quantitative estimate of drug-likeness (QED) is 0.515. The van der Waals surface area contributed by atoms with E-state index in [-0.39, 0.29) is 56.1 Å². The summed E-state index contributed by atoms with van der Waals surface area (Å²) in [6.45, 7) is 3.83. The molecular formula is C23H30N4O6S. The molecule has 3 rings (SSSR count). The summed E-state index contributed by atoms with van der Waals surface area (Å²) in [6.07, 6.45) is 0. The van der Waals surface area contributed by atoms with Gasteiger partial charge in [0, 0.05) is 44.8 Å². The molecule has 2 aromatic carbocycles. The third-order valence-electron chi connectivity index (χ3n) is 5.32. The first-order valence-corrected chi connectivity index (χ1v) is 12.5. The van der Waals surface area contributed by atoms with Crippen molar-refractivity contribution in [2.45, 2.75) is 11.8 Å². The molecule has 0 radical (unpaired) electrons. The van der Waals surface area contributed by atoms with Gasteiger partial charge in [0.05, 0.1) is 18.6 Å². The van der Waals surface area contributed by atoms with Crippen molar-refractivity contribution in [3.63, 3.8) is 0 Å². The molecule has 3 amide bonds. The van der Waals surface area contributed by atoms with Crippen molar-refractivity contribution >= 4 is 22.0 Å². The summed E-state index contributed by atoms with van der Waals surface area (Å²) in [5.41, 5.74) is 0.468. The van der Waals surface area contributed by atoms with Gasteiger partial charge in [0.2, 0.25) is 10.0 Å². The summed E-state index contributed by atoms with van der Waals surface area (Å²) in [4.78, 5) is 26.4. The molecule has 0 bridgehead atoms. The number of amides is 3. The highest BCUT2D eigenvalue weighted by Gasteiger charge is 2.30. The van der Waals surface area contributed by atoms with Gasteiger partial charge in [-0.2, -0.15) is 4.31 Å². The number of piperazine rings is 1. The number of nitrogens with one attached hydrogen (secondary N) is 2. The average molecular weight is 491 g/mol. The SMILES string of the molecule is CCOc1ccc(S(=O)(=O)N2CCN(C(=O)NCCNC(=O)c3cccc(OC)c3)CC2)cc1. The zero-order valence-electron chi connectivity index (χ0n) is 19.3. The molecule has 0 spiro atoms. The van der Waals surface area contributed by atoms with Gasteiger partial charge in [0.1, 0.15) is 11.5 Å². The fraction of sp³-hybridized carbons (Fsp3) is 0.391. The lowest BCUT2D eigenvalue weighted by Crippen LogP contribution is -2.53. The Hall–Kier alpha value is -3.31. The maximum Gasteiger partial charge on any atom is 0.317 e. The molecule has 1 fully saturated rings. The second kappa shape index (κ2) is 11.7. The summed E-state index contributed by atoms with van der Waals surface area (Å²) in [6, 6.07) is 12.8. The molecule has 0 atom stereocenters. The molecule has 184 valence electrons. The van der Waals surface area contributed by atoms with Crippen LogP contribution >= 0.6 is 0 Å². The van der Waals surface area contributed by atoms with Crippen molar-refractivity contribution in [2.75, 3.05) is 53.0 Å². The van der Waals surface area contributed by atoms with Crippen LogP contribution in [0.25, 0.3) is 0 Å². The van der Waals surface area contributed by atoms with E-state index in [4.69, 9.17) is 9.47 Å². The predicted octanol–water partition coefficient (Wildman–Crippen LogP) is 1.54. The second-order valence-corrected chi connectivity index (χ2v) is 9.45. The smallest absolute Gasteiger partial charge is 0.317 e. The number of sulfonamides is 1. The molecule has 0 aromatic heterocycles. The fourth-order valence-corrected chi connectivity index (χ4v) is 4.90. The van der Waals surface area contributed by atoms with E-state index in [1.54, 1.807) is 41.3 Å². The van der Waals surface area contributed by atoms with E-state index in [1.807, 2.05) is 6.92 Å². The Labute approximate surface area is 199 Å². The van der Waals surface area contributed by atoms with Crippen LogP contribution in [-0.4, -0.2) is 82.5 Å². The largest absolute Gasteiger partial charge is 0.497 e. The first kappa shape index (κ1) is 25.3. The zero-order valence-corrected chi connectivity index (χ0v) is 20.1. The lowest BCUT2D eigenvalue weighted by molar-refractivity contribution is 0.0953. The van der Waals surface area contributed by atoms with E-state index in [9.17, 15) is 18.0 Å². The highest BCUT2D eigenvalue weighted by Crippen LogP contribution is 2.21. The topological polar surface area (TPSA) is 117 Å². The monoisotopic (exact) mass is 490 g/mol. The van der Waals surface area contributed by atoms with Crippen molar-refractivity contribution < 1.29 is 27.5 Å². The van der Waals surface area contributed by atoms with Gasteiger partial charge in [0.25, 0.3) is 5.91 Å². The van der Waals surface area contributed by atoms with Crippen LogP contribution in [0.1, 0.15) is 17.3 Å². The Morgan fingerprint density at radius 3 is 2.26 bits per heavy atom. The van der Waals surface area contributed by atoms with Crippen LogP contribution in [0.4, 0.5) is 4.79 Å². The van der Waals surface area contributed by atoms with Crippen LogP contribution in [0.5, 0.6) is 11.5 Å². The van der Waals surface area contributed by atoms with Gasteiger partial charge in [0.15, 0.2) is 0 Å². The number of nitrogens with zero attached hydrogens (tertiary/aromatic N) is 2. The second-order valence-electron chi connectivity index (χ2n) is 7.52. The molecule has 10 nitrogen and oxygen atoms in total. The Bertz CT molecular complexity index is 1080. The minimum absolute atomic E-state index is 0.195. The summed E-state index contributed by atoms with van der Waals surface area (Å²) in [7, 11) is -2.11. The van der Waals surface area contributed by atoms with E-state index >= 15 is 0 Å². The van der Waals surface area contributed by atoms with Gasteiger partial charge in [-0.3, -0.25) is 4.79 Å². The number of ether oxygens (including phenoxy) is 2.